The maximum absolute atomic E-state index is 13.4. The third kappa shape index (κ3) is 4.47. The first-order chi connectivity index (χ1) is 8.30. The Bertz CT molecular complexity index is 254. The zero-order valence-corrected chi connectivity index (χ0v) is 12.0. The van der Waals surface area contributed by atoms with Crippen molar-refractivity contribution >= 4 is 0 Å². The lowest BCUT2D eigenvalue weighted by Crippen LogP contribution is -2.52. The summed E-state index contributed by atoms with van der Waals surface area (Å²) in [6.45, 7) is 8.58. The Balaban J connectivity index is 2.60. The molecule has 1 aliphatic carbocycles. The first-order valence-electron chi connectivity index (χ1n) is 7.13. The van der Waals surface area contributed by atoms with Crippen molar-refractivity contribution in [2.75, 3.05) is 19.6 Å². The van der Waals surface area contributed by atoms with Crippen molar-refractivity contribution in [1.29, 1.82) is 0 Å². The molecule has 108 valence electrons. The van der Waals surface area contributed by atoms with Crippen molar-refractivity contribution in [3.8, 4) is 0 Å². The fourth-order valence-electron chi connectivity index (χ4n) is 2.78. The lowest BCUT2D eigenvalue weighted by Gasteiger charge is -2.41. The second-order valence-electron chi connectivity index (χ2n) is 6.28. The number of rotatable bonds is 6. The minimum Gasteiger partial charge on any atom is -0.329 e. The highest BCUT2D eigenvalue weighted by Gasteiger charge is 2.38. The predicted molar refractivity (Wildman–Crippen MR) is 71.9 cm³/mol. The predicted octanol–water partition coefficient (Wildman–Crippen LogP) is 3.26. The van der Waals surface area contributed by atoms with Crippen LogP contribution in [0.25, 0.3) is 0 Å². The molecule has 1 unspecified atom stereocenters. The van der Waals surface area contributed by atoms with Crippen molar-refractivity contribution in [2.45, 2.75) is 64.3 Å². The van der Waals surface area contributed by atoms with Crippen LogP contribution in [0.4, 0.5) is 8.78 Å². The van der Waals surface area contributed by atoms with Crippen LogP contribution in [0.5, 0.6) is 0 Å². The van der Waals surface area contributed by atoms with Crippen LogP contribution >= 0.6 is 0 Å². The maximum atomic E-state index is 13.4. The summed E-state index contributed by atoms with van der Waals surface area (Å²) in [5.74, 6) is -2.33. The molecule has 0 heterocycles. The van der Waals surface area contributed by atoms with Gasteiger partial charge in [-0.25, -0.2) is 8.78 Å². The summed E-state index contributed by atoms with van der Waals surface area (Å²) in [7, 11) is 0. The molecule has 0 aliphatic heterocycles. The molecule has 0 amide bonds. The number of alkyl halides is 2. The molecule has 4 heteroatoms. The molecule has 0 bridgehead atoms. The van der Waals surface area contributed by atoms with E-state index >= 15 is 0 Å². The van der Waals surface area contributed by atoms with E-state index < -0.39 is 5.92 Å². The van der Waals surface area contributed by atoms with Crippen LogP contribution in [0.15, 0.2) is 0 Å². The van der Waals surface area contributed by atoms with Crippen LogP contribution in [-0.2, 0) is 0 Å². The van der Waals surface area contributed by atoms with Crippen LogP contribution in [0, 0.1) is 5.92 Å². The minimum atomic E-state index is -2.45. The molecule has 0 aromatic rings. The third-order valence-corrected chi connectivity index (χ3v) is 4.07. The smallest absolute Gasteiger partial charge is 0.248 e. The maximum Gasteiger partial charge on any atom is 0.248 e. The van der Waals surface area contributed by atoms with E-state index in [1.54, 1.807) is 0 Å². The molecular formula is C14H28F2N2. The molecule has 0 aromatic carbocycles. The van der Waals surface area contributed by atoms with Crippen molar-refractivity contribution in [1.82, 2.24) is 4.90 Å². The molecule has 1 fully saturated rings. The second-order valence-corrected chi connectivity index (χ2v) is 6.28. The van der Waals surface area contributed by atoms with Crippen molar-refractivity contribution in [3.63, 3.8) is 0 Å². The van der Waals surface area contributed by atoms with Crippen molar-refractivity contribution < 1.29 is 8.78 Å². The number of hydrogen-bond acceptors (Lipinski definition) is 2. The highest BCUT2D eigenvalue weighted by Crippen LogP contribution is 2.37. The molecule has 18 heavy (non-hydrogen) atoms. The highest BCUT2D eigenvalue weighted by molar-refractivity contribution is 4.87. The number of halogens is 2. The summed E-state index contributed by atoms with van der Waals surface area (Å²) in [5.41, 5.74) is 5.71. The van der Waals surface area contributed by atoms with Crippen LogP contribution in [-0.4, -0.2) is 36.0 Å². The Morgan fingerprint density at radius 3 is 2.56 bits per heavy atom. The normalized spacial score (nSPS) is 24.5. The average molecular weight is 262 g/mol. The lowest BCUT2D eigenvalue weighted by atomic mass is 9.85. The standard InChI is InChI=1S/C14H28F2N2/c1-4-8-18(13(2,3)11-17)10-12-6-5-7-14(15,16)9-12/h12H,4-11,17H2,1-3H3. The third-order valence-electron chi connectivity index (χ3n) is 4.07. The van der Waals surface area contributed by atoms with E-state index in [-0.39, 0.29) is 24.3 Å². The molecule has 0 spiro atoms. The van der Waals surface area contributed by atoms with Crippen LogP contribution in [0.1, 0.15) is 52.9 Å². The van der Waals surface area contributed by atoms with E-state index in [0.29, 0.717) is 13.0 Å². The largest absolute Gasteiger partial charge is 0.329 e. The van der Waals surface area contributed by atoms with Gasteiger partial charge >= 0.3 is 0 Å². The van der Waals surface area contributed by atoms with Gasteiger partial charge < -0.3 is 5.73 Å². The first kappa shape index (κ1) is 15.8. The van der Waals surface area contributed by atoms with Gasteiger partial charge in [0.05, 0.1) is 0 Å². The topological polar surface area (TPSA) is 29.3 Å². The summed E-state index contributed by atoms with van der Waals surface area (Å²) < 4.78 is 26.9. The quantitative estimate of drug-likeness (QED) is 0.796. The summed E-state index contributed by atoms with van der Waals surface area (Å²) in [6, 6.07) is 0. The van der Waals surface area contributed by atoms with Crippen LogP contribution < -0.4 is 5.73 Å². The van der Waals surface area contributed by atoms with Gasteiger partial charge in [0, 0.05) is 31.5 Å². The minimum absolute atomic E-state index is 0.0495. The molecule has 0 saturated heterocycles. The molecular weight excluding hydrogens is 234 g/mol. The van der Waals surface area contributed by atoms with Gasteiger partial charge in [-0.1, -0.05) is 6.92 Å². The Morgan fingerprint density at radius 1 is 1.39 bits per heavy atom. The molecule has 2 nitrogen and oxygen atoms in total. The highest BCUT2D eigenvalue weighted by atomic mass is 19.3. The van der Waals surface area contributed by atoms with Gasteiger partial charge in [0.15, 0.2) is 0 Å². The van der Waals surface area contributed by atoms with Crippen LogP contribution in [0.3, 0.4) is 0 Å². The first-order valence-corrected chi connectivity index (χ1v) is 7.13. The van der Waals surface area contributed by atoms with Gasteiger partial charge in [0.2, 0.25) is 5.92 Å². The molecule has 0 radical (unpaired) electrons. The molecule has 1 atom stereocenters. The van der Waals surface area contributed by atoms with Gasteiger partial charge in [-0.2, -0.15) is 0 Å². The second kappa shape index (κ2) is 6.29. The Hall–Kier alpha value is -0.220. The molecule has 1 saturated carbocycles. The van der Waals surface area contributed by atoms with Gasteiger partial charge in [0.1, 0.15) is 0 Å². The van der Waals surface area contributed by atoms with Gasteiger partial charge in [0.25, 0.3) is 0 Å². The van der Waals surface area contributed by atoms with E-state index in [9.17, 15) is 8.78 Å². The molecule has 2 N–H and O–H groups in total. The Labute approximate surface area is 110 Å². The van der Waals surface area contributed by atoms with Gasteiger partial charge in [-0.05, 0) is 45.6 Å². The van der Waals surface area contributed by atoms with Crippen molar-refractivity contribution in [2.24, 2.45) is 11.7 Å². The fourth-order valence-corrected chi connectivity index (χ4v) is 2.78. The van der Waals surface area contributed by atoms with E-state index in [4.69, 9.17) is 5.73 Å². The number of nitrogens with two attached hydrogens (primary N) is 1. The van der Waals surface area contributed by atoms with E-state index in [0.717, 1.165) is 25.9 Å². The lowest BCUT2D eigenvalue weighted by molar-refractivity contribution is -0.0611. The summed E-state index contributed by atoms with van der Waals surface area (Å²) in [6.07, 6.45) is 2.73. The van der Waals surface area contributed by atoms with Crippen molar-refractivity contribution in [3.05, 3.63) is 0 Å². The monoisotopic (exact) mass is 262 g/mol. The van der Waals surface area contributed by atoms with Gasteiger partial charge in [-0.15, -0.1) is 0 Å². The Kier molecular flexibility index (Phi) is 5.53. The van der Waals surface area contributed by atoms with E-state index in [1.807, 2.05) is 0 Å². The van der Waals surface area contributed by atoms with E-state index in [2.05, 4.69) is 25.7 Å². The summed E-state index contributed by atoms with van der Waals surface area (Å²) in [4.78, 5) is 2.29. The SMILES string of the molecule is CCCN(CC1CCCC(F)(F)C1)C(C)(C)CN. The zero-order valence-electron chi connectivity index (χ0n) is 12.0. The summed E-state index contributed by atoms with van der Waals surface area (Å²) >= 11 is 0. The van der Waals surface area contributed by atoms with Crippen LogP contribution in [0.2, 0.25) is 0 Å². The van der Waals surface area contributed by atoms with E-state index in [1.165, 1.54) is 0 Å². The molecule has 1 aliphatic rings. The Morgan fingerprint density at radius 2 is 2.06 bits per heavy atom. The van der Waals surface area contributed by atoms with Gasteiger partial charge in [-0.3, -0.25) is 4.90 Å². The summed E-state index contributed by atoms with van der Waals surface area (Å²) in [5, 5.41) is 0. The number of hydrogen-bond donors (Lipinski definition) is 1. The zero-order chi connectivity index (χ0) is 13.8. The molecule has 0 aromatic heterocycles. The average Bonchev–Trinajstić information content (AvgIpc) is 2.27. The number of nitrogens with zero attached hydrogens (tertiary/aromatic N) is 1. The fraction of sp³-hybridized carbons (Fsp3) is 1.00. The molecule has 1 rings (SSSR count).